The molecule has 146 valence electrons. The molecule has 0 radical (unpaired) electrons. The van der Waals surface area contributed by atoms with Crippen molar-refractivity contribution in [2.75, 3.05) is 19.7 Å². The van der Waals surface area contributed by atoms with E-state index in [4.69, 9.17) is 4.74 Å². The standard InChI is InChI=1S/C18H20FNO5S2/c1-3-25-18-9-8-16(10-13(18)2)27(23,24)20-11-17(12-20)26(21,22)15-6-4-14(19)5-7-15/h4-10,17H,3,11-12H2,1-2H3. The molecule has 2 aromatic rings. The Morgan fingerprint density at radius 3 is 2.19 bits per heavy atom. The summed E-state index contributed by atoms with van der Waals surface area (Å²) >= 11 is 0. The molecule has 2 aromatic carbocycles. The van der Waals surface area contributed by atoms with E-state index in [0.717, 1.165) is 16.4 Å². The fourth-order valence-corrected chi connectivity index (χ4v) is 6.32. The van der Waals surface area contributed by atoms with Gasteiger partial charge in [-0.05, 0) is 61.9 Å². The first-order chi connectivity index (χ1) is 12.7. The highest BCUT2D eigenvalue weighted by molar-refractivity contribution is 7.92. The van der Waals surface area contributed by atoms with Crippen LogP contribution in [0.25, 0.3) is 0 Å². The number of hydrogen-bond acceptors (Lipinski definition) is 5. The number of rotatable bonds is 6. The zero-order valence-corrected chi connectivity index (χ0v) is 16.6. The minimum atomic E-state index is -3.79. The van der Waals surface area contributed by atoms with Crippen molar-refractivity contribution in [3.63, 3.8) is 0 Å². The van der Waals surface area contributed by atoms with E-state index in [1.165, 1.54) is 24.3 Å². The van der Waals surface area contributed by atoms with Crippen molar-refractivity contribution in [3.8, 4) is 5.75 Å². The second-order valence-electron chi connectivity index (χ2n) is 6.30. The number of benzene rings is 2. The number of aryl methyl sites for hydroxylation is 1. The molecule has 1 fully saturated rings. The monoisotopic (exact) mass is 413 g/mol. The molecular weight excluding hydrogens is 393 g/mol. The lowest BCUT2D eigenvalue weighted by molar-refractivity contribution is 0.309. The molecule has 0 N–H and O–H groups in total. The van der Waals surface area contributed by atoms with Crippen LogP contribution in [0.4, 0.5) is 4.39 Å². The smallest absolute Gasteiger partial charge is 0.243 e. The van der Waals surface area contributed by atoms with Gasteiger partial charge in [0.25, 0.3) is 0 Å². The highest BCUT2D eigenvalue weighted by Crippen LogP contribution is 2.30. The van der Waals surface area contributed by atoms with Crippen molar-refractivity contribution in [2.45, 2.75) is 28.9 Å². The molecule has 0 aliphatic carbocycles. The van der Waals surface area contributed by atoms with Crippen LogP contribution in [0.3, 0.4) is 0 Å². The summed E-state index contributed by atoms with van der Waals surface area (Å²) in [6, 6.07) is 9.09. The predicted molar refractivity (Wildman–Crippen MR) is 98.5 cm³/mol. The molecule has 0 atom stereocenters. The molecule has 3 rings (SSSR count). The van der Waals surface area contributed by atoms with Gasteiger partial charge in [0.15, 0.2) is 9.84 Å². The minimum Gasteiger partial charge on any atom is -0.494 e. The van der Waals surface area contributed by atoms with Crippen molar-refractivity contribution in [3.05, 3.63) is 53.8 Å². The molecule has 1 aliphatic rings. The molecule has 0 spiro atoms. The SMILES string of the molecule is CCOc1ccc(S(=O)(=O)N2CC(S(=O)(=O)c3ccc(F)cc3)C2)cc1C. The molecule has 6 nitrogen and oxygen atoms in total. The van der Waals surface area contributed by atoms with E-state index in [2.05, 4.69) is 0 Å². The van der Waals surface area contributed by atoms with Crippen molar-refractivity contribution < 1.29 is 26.0 Å². The average molecular weight is 413 g/mol. The Morgan fingerprint density at radius 2 is 1.63 bits per heavy atom. The van der Waals surface area contributed by atoms with Crippen molar-refractivity contribution in [2.24, 2.45) is 0 Å². The average Bonchev–Trinajstić information content (AvgIpc) is 2.55. The lowest BCUT2D eigenvalue weighted by Gasteiger charge is -2.37. The third kappa shape index (κ3) is 3.71. The van der Waals surface area contributed by atoms with Crippen LogP contribution in [-0.4, -0.2) is 46.1 Å². The number of sulfonamides is 1. The highest BCUT2D eigenvalue weighted by atomic mass is 32.2. The Bertz CT molecular complexity index is 1040. The van der Waals surface area contributed by atoms with E-state index in [-0.39, 0.29) is 22.9 Å². The topological polar surface area (TPSA) is 80.8 Å². The Morgan fingerprint density at radius 1 is 1.04 bits per heavy atom. The van der Waals surface area contributed by atoms with Gasteiger partial charge in [0, 0.05) is 13.1 Å². The molecule has 0 saturated carbocycles. The molecular formula is C18H20FNO5S2. The fraction of sp³-hybridized carbons (Fsp3) is 0.333. The number of sulfone groups is 1. The Kier molecular flexibility index (Phi) is 5.29. The van der Waals surface area contributed by atoms with E-state index >= 15 is 0 Å². The maximum atomic E-state index is 13.0. The van der Waals surface area contributed by atoms with E-state index in [1.807, 2.05) is 6.92 Å². The van der Waals surface area contributed by atoms with Crippen molar-refractivity contribution in [1.82, 2.24) is 4.31 Å². The summed E-state index contributed by atoms with van der Waals surface area (Å²) in [7, 11) is -7.49. The molecule has 1 saturated heterocycles. The van der Waals surface area contributed by atoms with Crippen LogP contribution in [0.15, 0.2) is 52.3 Å². The van der Waals surface area contributed by atoms with Crippen LogP contribution in [0, 0.1) is 12.7 Å². The molecule has 1 aliphatic heterocycles. The largest absolute Gasteiger partial charge is 0.494 e. The molecule has 0 bridgehead atoms. The quantitative estimate of drug-likeness (QED) is 0.680. The van der Waals surface area contributed by atoms with E-state index in [1.54, 1.807) is 13.0 Å². The van der Waals surface area contributed by atoms with E-state index in [0.29, 0.717) is 17.9 Å². The van der Waals surface area contributed by atoms with Gasteiger partial charge in [-0.15, -0.1) is 0 Å². The fourth-order valence-electron chi connectivity index (χ4n) is 2.86. The van der Waals surface area contributed by atoms with Crippen LogP contribution in [-0.2, 0) is 19.9 Å². The van der Waals surface area contributed by atoms with Gasteiger partial charge in [0.05, 0.1) is 21.6 Å². The summed E-state index contributed by atoms with van der Waals surface area (Å²) in [6.45, 7) is 3.80. The first-order valence-corrected chi connectivity index (χ1v) is 11.4. The number of nitrogens with zero attached hydrogens (tertiary/aromatic N) is 1. The van der Waals surface area contributed by atoms with Gasteiger partial charge in [-0.3, -0.25) is 0 Å². The van der Waals surface area contributed by atoms with Crippen molar-refractivity contribution in [1.29, 1.82) is 0 Å². The Labute approximate surface area is 158 Å². The van der Waals surface area contributed by atoms with Crippen LogP contribution < -0.4 is 4.74 Å². The normalized spacial score (nSPS) is 16.1. The predicted octanol–water partition coefficient (Wildman–Crippen LogP) is 2.38. The number of halogens is 1. The number of hydrogen-bond donors (Lipinski definition) is 0. The van der Waals surface area contributed by atoms with Gasteiger partial charge in [-0.25, -0.2) is 21.2 Å². The molecule has 1 heterocycles. The summed E-state index contributed by atoms with van der Waals surface area (Å²) < 4.78 is 70.1. The van der Waals surface area contributed by atoms with Crippen LogP contribution >= 0.6 is 0 Å². The van der Waals surface area contributed by atoms with Gasteiger partial charge < -0.3 is 4.74 Å². The molecule has 0 amide bonds. The summed E-state index contributed by atoms with van der Waals surface area (Å²) in [5.41, 5.74) is 0.689. The summed E-state index contributed by atoms with van der Waals surface area (Å²) in [5, 5.41) is -0.846. The maximum Gasteiger partial charge on any atom is 0.243 e. The Hall–Kier alpha value is -1.97. The lowest BCUT2D eigenvalue weighted by atomic mass is 10.2. The third-order valence-electron chi connectivity index (χ3n) is 4.48. The Balaban J connectivity index is 1.76. The zero-order chi connectivity index (χ0) is 19.8. The first kappa shape index (κ1) is 19.8. The third-order valence-corrected chi connectivity index (χ3v) is 8.41. The van der Waals surface area contributed by atoms with Gasteiger partial charge >= 0.3 is 0 Å². The summed E-state index contributed by atoms with van der Waals surface area (Å²) in [5.74, 6) is 0.0782. The van der Waals surface area contributed by atoms with Crippen LogP contribution in [0.2, 0.25) is 0 Å². The summed E-state index contributed by atoms with van der Waals surface area (Å²) in [6.07, 6.45) is 0. The van der Waals surface area contributed by atoms with Gasteiger partial charge in [0.1, 0.15) is 11.6 Å². The maximum absolute atomic E-state index is 13.0. The van der Waals surface area contributed by atoms with E-state index < -0.39 is 30.9 Å². The second-order valence-corrected chi connectivity index (χ2v) is 10.5. The molecule has 9 heteroatoms. The van der Waals surface area contributed by atoms with E-state index in [9.17, 15) is 21.2 Å². The minimum absolute atomic E-state index is 0.0112. The van der Waals surface area contributed by atoms with Crippen molar-refractivity contribution >= 4 is 19.9 Å². The van der Waals surface area contributed by atoms with Crippen LogP contribution in [0.5, 0.6) is 5.75 Å². The zero-order valence-electron chi connectivity index (χ0n) is 14.9. The van der Waals surface area contributed by atoms with Crippen LogP contribution in [0.1, 0.15) is 12.5 Å². The number of ether oxygens (including phenoxy) is 1. The van der Waals surface area contributed by atoms with Gasteiger partial charge in [-0.1, -0.05) is 0 Å². The van der Waals surface area contributed by atoms with Gasteiger partial charge in [-0.2, -0.15) is 4.31 Å². The molecule has 0 unspecified atom stereocenters. The van der Waals surface area contributed by atoms with Gasteiger partial charge in [0.2, 0.25) is 10.0 Å². The first-order valence-electron chi connectivity index (χ1n) is 8.39. The molecule has 0 aromatic heterocycles. The molecule has 27 heavy (non-hydrogen) atoms. The highest BCUT2D eigenvalue weighted by Gasteiger charge is 2.44. The lowest BCUT2D eigenvalue weighted by Crippen LogP contribution is -2.56. The second kappa shape index (κ2) is 7.21. The summed E-state index contributed by atoms with van der Waals surface area (Å²) in [4.78, 5) is 0.0870.